The number of nitrogens with one attached hydrogen (secondary N) is 2. The summed E-state index contributed by atoms with van der Waals surface area (Å²) in [6.07, 6.45) is 3.40. The second kappa shape index (κ2) is 16.5. The molecule has 0 unspecified atom stereocenters. The number of pyridine rings is 1. The molecule has 0 fully saturated rings. The Morgan fingerprint density at radius 1 is 1.32 bits per heavy atom. The lowest BCUT2D eigenvalue weighted by atomic mass is 10.2. The van der Waals surface area contributed by atoms with Crippen LogP contribution in [0, 0.1) is 5.92 Å². The first-order valence-corrected chi connectivity index (χ1v) is 9.76. The molecule has 0 spiro atoms. The fourth-order valence-electron chi connectivity index (χ4n) is 2.26. The molecule has 1 aromatic rings. The number of ether oxygens (including phenoxy) is 1. The van der Waals surface area contributed by atoms with Gasteiger partial charge in [-0.3, -0.25) is 9.78 Å². The Balaban J connectivity index is 0.00000729. The van der Waals surface area contributed by atoms with Crippen LogP contribution in [0.4, 0.5) is 0 Å². The predicted molar refractivity (Wildman–Crippen MR) is 125 cm³/mol. The number of aliphatic imine (C=N–C) groups is 1. The molecule has 8 heteroatoms. The maximum absolute atomic E-state index is 12.3. The van der Waals surface area contributed by atoms with Gasteiger partial charge in [0, 0.05) is 58.2 Å². The lowest BCUT2D eigenvalue weighted by Gasteiger charge is -2.16. The Morgan fingerprint density at radius 3 is 2.75 bits per heavy atom. The summed E-state index contributed by atoms with van der Waals surface area (Å²) in [5.41, 5.74) is 0.982. The van der Waals surface area contributed by atoms with Gasteiger partial charge in [0.05, 0.1) is 0 Å². The molecular weight excluding hydrogens is 469 g/mol. The third-order valence-electron chi connectivity index (χ3n) is 3.78. The highest BCUT2D eigenvalue weighted by Gasteiger charge is 2.09. The van der Waals surface area contributed by atoms with Crippen LogP contribution in [0.5, 0.6) is 0 Å². The minimum Gasteiger partial charge on any atom is -0.381 e. The Hall–Kier alpha value is -1.42. The summed E-state index contributed by atoms with van der Waals surface area (Å²) in [6.45, 7) is 10.0. The molecule has 0 aliphatic carbocycles. The Bertz CT molecular complexity index is 555. The molecule has 0 saturated carbocycles. The van der Waals surface area contributed by atoms with E-state index in [1.54, 1.807) is 18.1 Å². The topological polar surface area (TPSA) is 78.9 Å². The summed E-state index contributed by atoms with van der Waals surface area (Å²) in [6, 6.07) is 5.81. The van der Waals surface area contributed by atoms with Crippen LogP contribution in [0.15, 0.2) is 29.4 Å². The van der Waals surface area contributed by atoms with Crippen molar-refractivity contribution in [1.29, 1.82) is 0 Å². The van der Waals surface area contributed by atoms with Gasteiger partial charge in [0.1, 0.15) is 6.54 Å². The van der Waals surface area contributed by atoms with Gasteiger partial charge >= 0.3 is 0 Å². The zero-order valence-corrected chi connectivity index (χ0v) is 19.9. The smallest absolute Gasteiger partial charge is 0.244 e. The molecule has 0 aromatic carbocycles. The van der Waals surface area contributed by atoms with Crippen molar-refractivity contribution in [3.63, 3.8) is 0 Å². The maximum atomic E-state index is 12.3. The summed E-state index contributed by atoms with van der Waals surface area (Å²) in [7, 11) is 1.80. The summed E-state index contributed by atoms with van der Waals surface area (Å²) >= 11 is 0. The van der Waals surface area contributed by atoms with E-state index in [0.717, 1.165) is 44.8 Å². The van der Waals surface area contributed by atoms with E-state index in [2.05, 4.69) is 34.5 Å². The number of rotatable bonds is 12. The Labute approximate surface area is 186 Å². The average molecular weight is 505 g/mol. The molecule has 0 aliphatic rings. The van der Waals surface area contributed by atoms with Crippen LogP contribution in [-0.4, -0.2) is 68.2 Å². The van der Waals surface area contributed by atoms with Crippen LogP contribution in [0.1, 0.15) is 32.9 Å². The molecule has 0 aliphatic heterocycles. The SMILES string of the molecule is CCNC(=NCC(=O)N(C)CCc1ccccn1)NCCCOCC(C)C.I. The van der Waals surface area contributed by atoms with Crippen LogP contribution < -0.4 is 10.6 Å². The second-order valence-corrected chi connectivity index (χ2v) is 6.83. The van der Waals surface area contributed by atoms with Gasteiger partial charge in [-0.1, -0.05) is 19.9 Å². The molecule has 1 heterocycles. The standard InChI is InChI=1S/C20H35N5O2.HI/c1-5-21-20(23-12-8-14-27-16-17(2)3)24-15-19(26)25(4)13-10-18-9-6-7-11-22-18;/h6-7,9,11,17H,5,8,10,12-16H2,1-4H3,(H2,21,23,24);1H. The molecule has 1 rings (SSSR count). The number of guanidine groups is 1. The van der Waals surface area contributed by atoms with Crippen molar-refractivity contribution >= 4 is 35.8 Å². The van der Waals surface area contributed by atoms with Crippen LogP contribution in [0.2, 0.25) is 0 Å². The van der Waals surface area contributed by atoms with Crippen molar-refractivity contribution in [3.8, 4) is 0 Å². The van der Waals surface area contributed by atoms with Crippen molar-refractivity contribution in [2.75, 3.05) is 46.4 Å². The summed E-state index contributed by atoms with van der Waals surface area (Å²) in [5.74, 6) is 1.20. The van der Waals surface area contributed by atoms with Gasteiger partial charge in [0.2, 0.25) is 5.91 Å². The van der Waals surface area contributed by atoms with Crippen molar-refractivity contribution in [1.82, 2.24) is 20.5 Å². The lowest BCUT2D eigenvalue weighted by molar-refractivity contribution is -0.128. The maximum Gasteiger partial charge on any atom is 0.244 e. The first kappa shape index (κ1) is 26.6. The fourth-order valence-corrected chi connectivity index (χ4v) is 2.26. The summed E-state index contributed by atoms with van der Waals surface area (Å²) in [4.78, 5) is 22.6. The van der Waals surface area contributed by atoms with Gasteiger partial charge in [0.25, 0.3) is 0 Å². The third kappa shape index (κ3) is 12.9. The molecule has 1 aromatic heterocycles. The highest BCUT2D eigenvalue weighted by Crippen LogP contribution is 1.97. The Kier molecular flexibility index (Phi) is 15.7. The molecule has 0 bridgehead atoms. The number of carbonyl (C=O) groups is 1. The van der Waals surface area contributed by atoms with E-state index >= 15 is 0 Å². The molecule has 28 heavy (non-hydrogen) atoms. The second-order valence-electron chi connectivity index (χ2n) is 6.83. The van der Waals surface area contributed by atoms with E-state index in [1.807, 2.05) is 25.1 Å². The molecule has 0 atom stereocenters. The highest BCUT2D eigenvalue weighted by atomic mass is 127. The fraction of sp³-hybridized carbons (Fsp3) is 0.650. The monoisotopic (exact) mass is 505 g/mol. The van der Waals surface area contributed by atoms with Crippen molar-refractivity contribution < 1.29 is 9.53 Å². The number of nitrogens with zero attached hydrogens (tertiary/aromatic N) is 3. The molecule has 1 amide bonds. The van der Waals surface area contributed by atoms with E-state index in [-0.39, 0.29) is 36.4 Å². The minimum absolute atomic E-state index is 0. The van der Waals surface area contributed by atoms with Crippen molar-refractivity contribution in [2.45, 2.75) is 33.6 Å². The van der Waals surface area contributed by atoms with Crippen molar-refractivity contribution in [2.24, 2.45) is 10.9 Å². The molecule has 160 valence electrons. The molecular formula is C20H36IN5O2. The van der Waals surface area contributed by atoms with Crippen LogP contribution in [0.25, 0.3) is 0 Å². The first-order chi connectivity index (χ1) is 13.0. The number of hydrogen-bond acceptors (Lipinski definition) is 4. The largest absolute Gasteiger partial charge is 0.381 e. The van der Waals surface area contributed by atoms with Crippen LogP contribution in [-0.2, 0) is 16.0 Å². The van der Waals surface area contributed by atoms with Gasteiger partial charge in [-0.25, -0.2) is 4.99 Å². The third-order valence-corrected chi connectivity index (χ3v) is 3.78. The highest BCUT2D eigenvalue weighted by molar-refractivity contribution is 14.0. The van der Waals surface area contributed by atoms with Gasteiger partial charge in [-0.15, -0.1) is 24.0 Å². The predicted octanol–water partition coefficient (Wildman–Crippen LogP) is 2.32. The van der Waals surface area contributed by atoms with Gasteiger partial charge in [0.15, 0.2) is 5.96 Å². The molecule has 0 radical (unpaired) electrons. The van der Waals surface area contributed by atoms with E-state index < -0.39 is 0 Å². The number of amides is 1. The molecule has 7 nitrogen and oxygen atoms in total. The van der Waals surface area contributed by atoms with E-state index in [1.165, 1.54) is 0 Å². The zero-order valence-electron chi connectivity index (χ0n) is 17.6. The number of aromatic nitrogens is 1. The van der Waals surface area contributed by atoms with Crippen molar-refractivity contribution in [3.05, 3.63) is 30.1 Å². The van der Waals surface area contributed by atoms with E-state index in [0.29, 0.717) is 18.4 Å². The van der Waals surface area contributed by atoms with E-state index in [9.17, 15) is 4.79 Å². The zero-order chi connectivity index (χ0) is 19.9. The number of carbonyl (C=O) groups excluding carboxylic acids is 1. The molecule has 0 saturated heterocycles. The van der Waals surface area contributed by atoms with Crippen LogP contribution >= 0.6 is 24.0 Å². The summed E-state index contributed by atoms with van der Waals surface area (Å²) in [5, 5.41) is 6.40. The average Bonchev–Trinajstić information content (AvgIpc) is 2.67. The Morgan fingerprint density at radius 2 is 2.11 bits per heavy atom. The van der Waals surface area contributed by atoms with Gasteiger partial charge in [-0.05, 0) is 31.4 Å². The molecule has 2 N–H and O–H groups in total. The number of hydrogen-bond donors (Lipinski definition) is 2. The van der Waals surface area contributed by atoms with Gasteiger partial charge < -0.3 is 20.3 Å². The van der Waals surface area contributed by atoms with Crippen LogP contribution in [0.3, 0.4) is 0 Å². The van der Waals surface area contributed by atoms with Gasteiger partial charge in [-0.2, -0.15) is 0 Å². The number of halogens is 1. The first-order valence-electron chi connectivity index (χ1n) is 9.76. The summed E-state index contributed by atoms with van der Waals surface area (Å²) < 4.78 is 5.56. The lowest BCUT2D eigenvalue weighted by Crippen LogP contribution is -2.39. The number of likely N-dealkylation sites (N-methyl/N-ethyl adjacent to an activating group) is 1. The van der Waals surface area contributed by atoms with E-state index in [4.69, 9.17) is 4.74 Å². The normalized spacial score (nSPS) is 11.1. The quantitative estimate of drug-likeness (QED) is 0.197. The minimum atomic E-state index is -0.0107.